The van der Waals surface area contributed by atoms with Gasteiger partial charge in [-0.05, 0) is 23.8 Å². The molecule has 2 aliphatic heterocycles. The first-order chi connectivity index (χ1) is 14.7. The SMILES string of the molecule is COC(=O)[C@H](CC1=NC2=C(c3ccccc3)CON2C=C1)NC(=O)c1ccccc1. The Hall–Kier alpha value is -3.71. The van der Waals surface area contributed by atoms with E-state index in [-0.39, 0.29) is 12.3 Å². The maximum absolute atomic E-state index is 12.5. The van der Waals surface area contributed by atoms with Crippen molar-refractivity contribution in [1.29, 1.82) is 0 Å². The molecule has 7 nitrogen and oxygen atoms in total. The van der Waals surface area contributed by atoms with Gasteiger partial charge in [-0.25, -0.2) is 14.9 Å². The summed E-state index contributed by atoms with van der Waals surface area (Å²) in [4.78, 5) is 35.2. The number of nitrogens with one attached hydrogen (secondary N) is 1. The van der Waals surface area contributed by atoms with Crippen molar-refractivity contribution >= 4 is 23.2 Å². The highest BCUT2D eigenvalue weighted by molar-refractivity contribution is 6.02. The molecule has 0 aliphatic carbocycles. The third-order valence-electron chi connectivity index (χ3n) is 4.84. The predicted octanol–water partition coefficient (Wildman–Crippen LogP) is 2.93. The molecule has 0 unspecified atom stereocenters. The number of methoxy groups -OCH3 is 1. The van der Waals surface area contributed by atoms with Crippen LogP contribution in [0.25, 0.3) is 5.57 Å². The Bertz CT molecular complexity index is 1030. The molecule has 0 fully saturated rings. The van der Waals surface area contributed by atoms with Gasteiger partial charge in [0.2, 0.25) is 0 Å². The van der Waals surface area contributed by atoms with Gasteiger partial charge in [0.05, 0.1) is 7.11 Å². The average Bonchev–Trinajstić information content (AvgIpc) is 3.22. The number of rotatable bonds is 6. The van der Waals surface area contributed by atoms with Crippen LogP contribution in [0.1, 0.15) is 22.3 Å². The topological polar surface area (TPSA) is 80.2 Å². The van der Waals surface area contributed by atoms with Crippen molar-refractivity contribution in [3.63, 3.8) is 0 Å². The molecule has 4 rings (SSSR count). The molecule has 2 aliphatic rings. The first-order valence-electron chi connectivity index (χ1n) is 9.56. The third-order valence-corrected chi connectivity index (χ3v) is 4.84. The fraction of sp³-hybridized carbons (Fsp3) is 0.174. The van der Waals surface area contributed by atoms with E-state index in [9.17, 15) is 9.59 Å². The normalized spacial score (nSPS) is 16.0. The zero-order valence-electron chi connectivity index (χ0n) is 16.4. The van der Waals surface area contributed by atoms with Gasteiger partial charge in [-0.15, -0.1) is 0 Å². The summed E-state index contributed by atoms with van der Waals surface area (Å²) in [6.45, 7) is 0.408. The van der Waals surface area contributed by atoms with Crippen LogP contribution in [0, 0.1) is 0 Å². The Morgan fingerprint density at radius 2 is 1.83 bits per heavy atom. The monoisotopic (exact) mass is 403 g/mol. The van der Waals surface area contributed by atoms with E-state index in [4.69, 9.17) is 9.57 Å². The Morgan fingerprint density at radius 1 is 1.13 bits per heavy atom. The second kappa shape index (κ2) is 8.75. The van der Waals surface area contributed by atoms with Crippen molar-refractivity contribution in [3.05, 3.63) is 89.9 Å². The second-order valence-electron chi connectivity index (χ2n) is 6.81. The van der Waals surface area contributed by atoms with Gasteiger partial charge < -0.3 is 10.1 Å². The van der Waals surface area contributed by atoms with E-state index in [1.54, 1.807) is 41.6 Å². The van der Waals surface area contributed by atoms with Crippen LogP contribution in [0.3, 0.4) is 0 Å². The molecule has 0 spiro atoms. The van der Waals surface area contributed by atoms with Crippen LogP contribution in [0.4, 0.5) is 0 Å². The lowest BCUT2D eigenvalue weighted by atomic mass is 10.1. The summed E-state index contributed by atoms with van der Waals surface area (Å²) in [5.41, 5.74) is 3.09. The molecule has 7 heteroatoms. The van der Waals surface area contributed by atoms with Gasteiger partial charge in [-0.2, -0.15) is 0 Å². The highest BCUT2D eigenvalue weighted by Gasteiger charge is 2.29. The van der Waals surface area contributed by atoms with Crippen molar-refractivity contribution in [2.24, 2.45) is 4.99 Å². The first-order valence-corrected chi connectivity index (χ1v) is 9.56. The zero-order valence-corrected chi connectivity index (χ0v) is 16.4. The molecule has 0 radical (unpaired) electrons. The van der Waals surface area contributed by atoms with Crippen LogP contribution in [0.2, 0.25) is 0 Å². The molecular weight excluding hydrogens is 382 g/mol. The van der Waals surface area contributed by atoms with Gasteiger partial charge in [0, 0.05) is 29.5 Å². The van der Waals surface area contributed by atoms with Gasteiger partial charge >= 0.3 is 5.97 Å². The number of hydrogen-bond acceptors (Lipinski definition) is 6. The lowest BCUT2D eigenvalue weighted by Crippen LogP contribution is -2.43. The average molecular weight is 403 g/mol. The van der Waals surface area contributed by atoms with Gasteiger partial charge in [0.15, 0.2) is 5.82 Å². The molecule has 2 heterocycles. The molecule has 152 valence electrons. The summed E-state index contributed by atoms with van der Waals surface area (Å²) >= 11 is 0. The summed E-state index contributed by atoms with van der Waals surface area (Å²) in [6, 6.07) is 17.7. The number of esters is 1. The number of amides is 1. The molecule has 1 atom stereocenters. The van der Waals surface area contributed by atoms with Crippen LogP contribution >= 0.6 is 0 Å². The largest absolute Gasteiger partial charge is 0.467 e. The Balaban J connectivity index is 1.56. The number of ether oxygens (including phenoxy) is 1. The number of nitrogens with zero attached hydrogens (tertiary/aromatic N) is 2. The van der Waals surface area contributed by atoms with E-state index >= 15 is 0 Å². The number of fused-ring (bicyclic) bond motifs is 1. The minimum atomic E-state index is -0.860. The van der Waals surface area contributed by atoms with E-state index in [0.29, 0.717) is 23.7 Å². The van der Waals surface area contributed by atoms with Crippen LogP contribution < -0.4 is 5.32 Å². The van der Waals surface area contributed by atoms with Crippen molar-refractivity contribution < 1.29 is 19.2 Å². The summed E-state index contributed by atoms with van der Waals surface area (Å²) in [6.07, 6.45) is 3.73. The molecule has 0 aromatic heterocycles. The molecule has 0 saturated carbocycles. The Labute approximate surface area is 174 Å². The van der Waals surface area contributed by atoms with Crippen molar-refractivity contribution in [2.45, 2.75) is 12.5 Å². The highest BCUT2D eigenvalue weighted by atomic mass is 16.7. The second-order valence-corrected chi connectivity index (χ2v) is 6.81. The van der Waals surface area contributed by atoms with Crippen molar-refractivity contribution in [1.82, 2.24) is 10.4 Å². The molecule has 2 aromatic rings. The number of carbonyl (C=O) groups is 2. The van der Waals surface area contributed by atoms with Crippen molar-refractivity contribution in [2.75, 3.05) is 13.7 Å². The minimum Gasteiger partial charge on any atom is -0.467 e. The smallest absolute Gasteiger partial charge is 0.328 e. The van der Waals surface area contributed by atoms with Crippen LogP contribution in [0.15, 0.2) is 83.8 Å². The summed E-state index contributed by atoms with van der Waals surface area (Å²) in [5.74, 6) is -0.198. The van der Waals surface area contributed by atoms with E-state index in [2.05, 4.69) is 10.3 Å². The minimum absolute atomic E-state index is 0.196. The lowest BCUT2D eigenvalue weighted by Gasteiger charge is -2.21. The fourth-order valence-electron chi connectivity index (χ4n) is 3.29. The van der Waals surface area contributed by atoms with Gasteiger partial charge in [0.1, 0.15) is 12.6 Å². The summed E-state index contributed by atoms with van der Waals surface area (Å²) < 4.78 is 4.89. The van der Waals surface area contributed by atoms with Gasteiger partial charge in [0.25, 0.3) is 5.91 Å². The molecule has 30 heavy (non-hydrogen) atoms. The summed E-state index contributed by atoms with van der Waals surface area (Å²) in [5, 5.41) is 4.36. The summed E-state index contributed by atoms with van der Waals surface area (Å²) in [7, 11) is 1.30. The van der Waals surface area contributed by atoms with E-state index in [1.165, 1.54) is 7.11 Å². The van der Waals surface area contributed by atoms with Gasteiger partial charge in [-0.1, -0.05) is 48.5 Å². The van der Waals surface area contributed by atoms with Crippen molar-refractivity contribution in [3.8, 4) is 0 Å². The van der Waals surface area contributed by atoms with Crippen LogP contribution in [-0.4, -0.2) is 42.4 Å². The number of carbonyl (C=O) groups excluding carboxylic acids is 2. The maximum Gasteiger partial charge on any atom is 0.328 e. The number of hydroxylamine groups is 2. The van der Waals surface area contributed by atoms with E-state index in [0.717, 1.165) is 11.1 Å². The zero-order chi connectivity index (χ0) is 20.9. The van der Waals surface area contributed by atoms with Crippen LogP contribution in [0.5, 0.6) is 0 Å². The highest BCUT2D eigenvalue weighted by Crippen LogP contribution is 2.31. The van der Waals surface area contributed by atoms with E-state index in [1.807, 2.05) is 36.4 Å². The number of allylic oxidation sites excluding steroid dienone is 1. The number of hydrogen-bond donors (Lipinski definition) is 1. The molecule has 1 N–H and O–H groups in total. The van der Waals surface area contributed by atoms with E-state index < -0.39 is 12.0 Å². The molecule has 1 amide bonds. The standard InChI is InChI=1S/C23H21N3O4/c1-29-23(28)20(25-22(27)17-10-6-3-7-11-17)14-18-12-13-26-21(24-18)19(15-30-26)16-8-4-2-5-9-16/h2-13,20H,14-15H2,1H3,(H,25,27)/t20-/m0/s1. The molecular formula is C23H21N3O4. The lowest BCUT2D eigenvalue weighted by molar-refractivity contribution is -0.142. The molecule has 0 bridgehead atoms. The van der Waals surface area contributed by atoms with Crippen LogP contribution in [-0.2, 0) is 14.4 Å². The third kappa shape index (κ3) is 4.16. The molecule has 2 aromatic carbocycles. The number of benzene rings is 2. The fourth-order valence-corrected chi connectivity index (χ4v) is 3.29. The Kier molecular flexibility index (Phi) is 5.72. The van der Waals surface area contributed by atoms with Gasteiger partial charge in [-0.3, -0.25) is 9.63 Å². The number of aliphatic imine (C=N–C) groups is 1. The predicted molar refractivity (Wildman–Crippen MR) is 112 cm³/mol. The maximum atomic E-state index is 12.5. The Morgan fingerprint density at radius 3 is 2.53 bits per heavy atom. The quantitative estimate of drug-likeness (QED) is 0.750. The molecule has 0 saturated heterocycles. The first kappa shape index (κ1) is 19.6.